The van der Waals surface area contributed by atoms with E-state index in [1.807, 2.05) is 0 Å². The fourth-order valence-corrected chi connectivity index (χ4v) is 1.06. The predicted molar refractivity (Wildman–Crippen MR) is 41.5 cm³/mol. The maximum atomic E-state index is 13.1. The molecule has 0 bridgehead atoms. The Morgan fingerprint density at radius 3 is 2.29 bits per heavy atom. The highest BCUT2D eigenvalue weighted by Crippen LogP contribution is 2.32. The van der Waals surface area contributed by atoms with Crippen LogP contribution in [0.25, 0.3) is 0 Å². The van der Waals surface area contributed by atoms with E-state index in [0.717, 1.165) is 6.07 Å². The van der Waals surface area contributed by atoms with Gasteiger partial charge in [-0.1, -0.05) is 6.07 Å². The lowest BCUT2D eigenvalue weighted by molar-refractivity contribution is -0.138. The summed E-state index contributed by atoms with van der Waals surface area (Å²) in [6, 6.07) is 1.69. The molecular formula is C9H6F4O. The van der Waals surface area contributed by atoms with Gasteiger partial charge in [-0.05, 0) is 18.6 Å². The number of alkyl halides is 3. The Hall–Kier alpha value is -1.39. The van der Waals surface area contributed by atoms with Crippen molar-refractivity contribution in [1.29, 1.82) is 0 Å². The molecule has 0 aliphatic rings. The zero-order valence-electron chi connectivity index (χ0n) is 7.15. The number of halogens is 4. The van der Waals surface area contributed by atoms with Crippen LogP contribution in [0.15, 0.2) is 12.1 Å². The number of aryl methyl sites for hydroxylation is 1. The molecule has 0 aliphatic heterocycles. The standard InChI is InChI=1S/C9H6F4O/c1-5-2-3-7(9(11,12)13)6(4-14)8(5)10/h2-4H,1H3. The van der Waals surface area contributed by atoms with Gasteiger partial charge < -0.3 is 0 Å². The number of aldehydes is 1. The van der Waals surface area contributed by atoms with Crippen molar-refractivity contribution in [3.63, 3.8) is 0 Å². The molecule has 1 aromatic rings. The molecule has 0 saturated heterocycles. The van der Waals surface area contributed by atoms with Crippen molar-refractivity contribution in [1.82, 2.24) is 0 Å². The van der Waals surface area contributed by atoms with Crippen molar-refractivity contribution in [3.8, 4) is 0 Å². The zero-order chi connectivity index (χ0) is 10.9. The first-order valence-electron chi connectivity index (χ1n) is 3.69. The van der Waals surface area contributed by atoms with Gasteiger partial charge in [-0.15, -0.1) is 0 Å². The minimum atomic E-state index is -4.70. The van der Waals surface area contributed by atoms with Gasteiger partial charge in [0.05, 0.1) is 11.1 Å². The van der Waals surface area contributed by atoms with Gasteiger partial charge in [0.2, 0.25) is 0 Å². The predicted octanol–water partition coefficient (Wildman–Crippen LogP) is 2.97. The van der Waals surface area contributed by atoms with E-state index in [1.165, 1.54) is 6.92 Å². The average Bonchev–Trinajstić information content (AvgIpc) is 2.07. The smallest absolute Gasteiger partial charge is 0.298 e. The fourth-order valence-electron chi connectivity index (χ4n) is 1.06. The highest BCUT2D eigenvalue weighted by Gasteiger charge is 2.34. The maximum Gasteiger partial charge on any atom is 0.417 e. The van der Waals surface area contributed by atoms with Crippen LogP contribution < -0.4 is 0 Å². The Bertz CT molecular complexity index is 368. The third-order valence-electron chi connectivity index (χ3n) is 1.80. The Morgan fingerprint density at radius 1 is 1.29 bits per heavy atom. The van der Waals surface area contributed by atoms with Crippen LogP contribution in [0, 0.1) is 12.7 Å². The molecule has 0 amide bonds. The first kappa shape index (κ1) is 10.7. The molecule has 0 spiro atoms. The number of carbonyl (C=O) groups excluding carboxylic acids is 1. The van der Waals surface area contributed by atoms with E-state index < -0.39 is 23.1 Å². The van der Waals surface area contributed by atoms with E-state index in [4.69, 9.17) is 0 Å². The van der Waals surface area contributed by atoms with Gasteiger partial charge in [0.15, 0.2) is 6.29 Å². The van der Waals surface area contributed by atoms with Gasteiger partial charge in [0.1, 0.15) is 5.82 Å². The van der Waals surface area contributed by atoms with E-state index in [0.29, 0.717) is 6.07 Å². The first-order chi connectivity index (χ1) is 6.38. The highest BCUT2D eigenvalue weighted by atomic mass is 19.4. The molecule has 0 unspecified atom stereocenters. The summed E-state index contributed by atoms with van der Waals surface area (Å²) in [5, 5.41) is 0. The third kappa shape index (κ3) is 1.76. The van der Waals surface area contributed by atoms with E-state index in [1.54, 1.807) is 0 Å². The third-order valence-corrected chi connectivity index (χ3v) is 1.80. The lowest BCUT2D eigenvalue weighted by atomic mass is 10.0. The Balaban J connectivity index is 3.47. The van der Waals surface area contributed by atoms with Gasteiger partial charge >= 0.3 is 6.18 Å². The molecule has 0 radical (unpaired) electrons. The summed E-state index contributed by atoms with van der Waals surface area (Å²) in [6.07, 6.45) is -4.82. The van der Waals surface area contributed by atoms with Crippen LogP contribution in [0.2, 0.25) is 0 Å². The molecule has 0 N–H and O–H groups in total. The second kappa shape index (κ2) is 3.40. The summed E-state index contributed by atoms with van der Waals surface area (Å²) in [6.45, 7) is 1.29. The molecular weight excluding hydrogens is 200 g/mol. The van der Waals surface area contributed by atoms with E-state index >= 15 is 0 Å². The van der Waals surface area contributed by atoms with Crippen molar-refractivity contribution >= 4 is 6.29 Å². The van der Waals surface area contributed by atoms with Crippen molar-refractivity contribution < 1.29 is 22.4 Å². The van der Waals surface area contributed by atoms with E-state index in [2.05, 4.69) is 0 Å². The molecule has 0 fully saturated rings. The monoisotopic (exact) mass is 206 g/mol. The molecule has 0 aromatic heterocycles. The number of hydrogen-bond donors (Lipinski definition) is 0. The number of carbonyl (C=O) groups is 1. The molecule has 0 aliphatic carbocycles. The average molecular weight is 206 g/mol. The van der Waals surface area contributed by atoms with Crippen molar-refractivity contribution in [3.05, 3.63) is 34.6 Å². The SMILES string of the molecule is Cc1ccc(C(F)(F)F)c(C=O)c1F. The van der Waals surface area contributed by atoms with Crippen LogP contribution >= 0.6 is 0 Å². The molecule has 0 saturated carbocycles. The minimum absolute atomic E-state index is 0.0140. The Morgan fingerprint density at radius 2 is 1.86 bits per heavy atom. The molecule has 1 aromatic carbocycles. The summed E-state index contributed by atoms with van der Waals surface area (Å²) in [5.74, 6) is -1.12. The van der Waals surface area contributed by atoms with Gasteiger partial charge in [0, 0.05) is 0 Å². The Labute approximate surface area is 77.3 Å². The lowest BCUT2D eigenvalue weighted by Gasteiger charge is -2.10. The molecule has 14 heavy (non-hydrogen) atoms. The maximum absolute atomic E-state index is 13.1. The van der Waals surface area contributed by atoms with Crippen LogP contribution in [0.4, 0.5) is 17.6 Å². The largest absolute Gasteiger partial charge is 0.417 e. The normalized spacial score (nSPS) is 11.5. The zero-order valence-corrected chi connectivity index (χ0v) is 7.15. The highest BCUT2D eigenvalue weighted by molar-refractivity contribution is 5.78. The minimum Gasteiger partial charge on any atom is -0.298 e. The molecule has 1 rings (SSSR count). The van der Waals surface area contributed by atoms with Crippen molar-refractivity contribution in [2.24, 2.45) is 0 Å². The van der Waals surface area contributed by atoms with Gasteiger partial charge in [0.25, 0.3) is 0 Å². The topological polar surface area (TPSA) is 17.1 Å². The summed E-state index contributed by atoms with van der Waals surface area (Å²) in [5.41, 5.74) is -2.16. The van der Waals surface area contributed by atoms with Crippen molar-refractivity contribution in [2.45, 2.75) is 13.1 Å². The van der Waals surface area contributed by atoms with Crippen LogP contribution in [-0.2, 0) is 6.18 Å². The first-order valence-corrected chi connectivity index (χ1v) is 3.69. The second-order valence-corrected chi connectivity index (χ2v) is 2.77. The molecule has 0 heterocycles. The van der Waals surface area contributed by atoms with E-state index in [-0.39, 0.29) is 11.8 Å². The van der Waals surface area contributed by atoms with Crippen molar-refractivity contribution in [2.75, 3.05) is 0 Å². The summed E-state index contributed by atoms with van der Waals surface area (Å²) >= 11 is 0. The molecule has 0 atom stereocenters. The van der Waals surface area contributed by atoms with Crippen LogP contribution in [0.5, 0.6) is 0 Å². The quantitative estimate of drug-likeness (QED) is 0.510. The van der Waals surface area contributed by atoms with Crippen LogP contribution in [-0.4, -0.2) is 6.29 Å². The number of rotatable bonds is 1. The van der Waals surface area contributed by atoms with Gasteiger partial charge in [-0.3, -0.25) is 4.79 Å². The summed E-state index contributed by atoms with van der Waals surface area (Å²) < 4.78 is 49.7. The number of benzene rings is 1. The fraction of sp³-hybridized carbons (Fsp3) is 0.222. The van der Waals surface area contributed by atoms with Gasteiger partial charge in [-0.25, -0.2) is 4.39 Å². The number of hydrogen-bond acceptors (Lipinski definition) is 1. The summed E-state index contributed by atoms with van der Waals surface area (Å²) in [4.78, 5) is 10.3. The van der Waals surface area contributed by atoms with Gasteiger partial charge in [-0.2, -0.15) is 13.2 Å². The second-order valence-electron chi connectivity index (χ2n) is 2.77. The Kier molecular flexibility index (Phi) is 2.59. The molecule has 5 heteroatoms. The van der Waals surface area contributed by atoms with Crippen LogP contribution in [0.1, 0.15) is 21.5 Å². The molecule has 76 valence electrons. The summed E-state index contributed by atoms with van der Waals surface area (Å²) in [7, 11) is 0. The molecule has 1 nitrogen and oxygen atoms in total. The van der Waals surface area contributed by atoms with Crippen LogP contribution in [0.3, 0.4) is 0 Å². The van der Waals surface area contributed by atoms with E-state index in [9.17, 15) is 22.4 Å². The lowest BCUT2D eigenvalue weighted by Crippen LogP contribution is -2.11.